The van der Waals surface area contributed by atoms with Crippen LogP contribution in [0.15, 0.2) is 261 Å². The molecule has 13 aromatic carbocycles. The Labute approximate surface area is 406 Å². The molecular formula is C69H43N. The maximum Gasteiger partial charge on any atom is 0.0726 e. The maximum atomic E-state index is 2.58. The van der Waals surface area contributed by atoms with E-state index in [9.17, 15) is 0 Å². The highest BCUT2D eigenvalue weighted by Gasteiger charge is 2.52. The molecule has 324 valence electrons. The van der Waals surface area contributed by atoms with E-state index in [1.165, 1.54) is 115 Å². The van der Waals surface area contributed by atoms with Gasteiger partial charge in [0.15, 0.2) is 0 Å². The molecule has 0 bridgehead atoms. The molecule has 0 atom stereocenters. The molecule has 13 aromatic rings. The van der Waals surface area contributed by atoms with Gasteiger partial charge in [-0.1, -0.05) is 224 Å². The number of para-hydroxylation sites is 1. The predicted octanol–water partition coefficient (Wildman–Crippen LogP) is 18.6. The van der Waals surface area contributed by atoms with E-state index in [1.807, 2.05) is 0 Å². The summed E-state index contributed by atoms with van der Waals surface area (Å²) in [4.78, 5) is 2.58. The van der Waals surface area contributed by atoms with E-state index in [4.69, 9.17) is 0 Å². The van der Waals surface area contributed by atoms with E-state index in [0.717, 1.165) is 22.6 Å². The first-order valence-corrected chi connectivity index (χ1v) is 24.4. The number of nitrogens with zero attached hydrogens (tertiary/aromatic N) is 1. The second kappa shape index (κ2) is 15.0. The van der Waals surface area contributed by atoms with Crippen molar-refractivity contribution in [2.24, 2.45) is 0 Å². The Balaban J connectivity index is 1.11. The van der Waals surface area contributed by atoms with Gasteiger partial charge in [0.1, 0.15) is 0 Å². The van der Waals surface area contributed by atoms with Crippen molar-refractivity contribution < 1.29 is 0 Å². The van der Waals surface area contributed by atoms with Gasteiger partial charge in [-0.2, -0.15) is 0 Å². The van der Waals surface area contributed by atoms with Crippen molar-refractivity contribution in [2.75, 3.05) is 4.90 Å². The highest BCUT2D eigenvalue weighted by Crippen LogP contribution is 2.64. The van der Waals surface area contributed by atoms with Crippen molar-refractivity contribution in [2.45, 2.75) is 5.41 Å². The molecule has 0 unspecified atom stereocenters. The van der Waals surface area contributed by atoms with Gasteiger partial charge in [-0.3, -0.25) is 0 Å². The molecule has 0 amide bonds. The highest BCUT2D eigenvalue weighted by atomic mass is 15.1. The molecule has 1 heteroatoms. The van der Waals surface area contributed by atoms with Crippen LogP contribution in [0.2, 0.25) is 0 Å². The summed E-state index contributed by atoms with van der Waals surface area (Å²) in [6.07, 6.45) is 0. The summed E-state index contributed by atoms with van der Waals surface area (Å²) in [5.41, 5.74) is 17.9. The van der Waals surface area contributed by atoms with Crippen LogP contribution in [0.5, 0.6) is 0 Å². The average molecular weight is 886 g/mol. The van der Waals surface area contributed by atoms with Crippen molar-refractivity contribution in [3.05, 3.63) is 283 Å². The van der Waals surface area contributed by atoms with Crippen LogP contribution in [-0.4, -0.2) is 0 Å². The number of fused-ring (bicyclic) bond motifs is 19. The number of hydrogen-bond acceptors (Lipinski definition) is 1. The predicted molar refractivity (Wildman–Crippen MR) is 296 cm³/mol. The zero-order valence-electron chi connectivity index (χ0n) is 38.3. The van der Waals surface area contributed by atoms with Gasteiger partial charge in [0, 0.05) is 16.8 Å². The van der Waals surface area contributed by atoms with Crippen molar-refractivity contribution in [1.29, 1.82) is 0 Å². The number of rotatable bonds is 5. The Morgan fingerprint density at radius 2 is 0.714 bits per heavy atom. The summed E-state index contributed by atoms with van der Waals surface area (Å²) in [6, 6.07) is 97.9. The van der Waals surface area contributed by atoms with Crippen LogP contribution in [-0.2, 0) is 5.41 Å². The number of hydrogen-bond donors (Lipinski definition) is 0. The zero-order chi connectivity index (χ0) is 45.9. The third-order valence-electron chi connectivity index (χ3n) is 15.6. The third kappa shape index (κ3) is 5.43. The maximum absolute atomic E-state index is 2.58. The Bertz CT molecular complexity index is 4230. The highest BCUT2D eigenvalue weighted by molar-refractivity contribution is 6.26. The lowest BCUT2D eigenvalue weighted by Gasteiger charge is -2.34. The van der Waals surface area contributed by atoms with E-state index in [-0.39, 0.29) is 0 Å². The molecule has 0 radical (unpaired) electrons. The molecule has 70 heavy (non-hydrogen) atoms. The van der Waals surface area contributed by atoms with E-state index in [1.54, 1.807) is 0 Å². The lowest BCUT2D eigenvalue weighted by molar-refractivity contribution is 0.794. The molecule has 15 rings (SSSR count). The zero-order valence-corrected chi connectivity index (χ0v) is 38.3. The fourth-order valence-electron chi connectivity index (χ4n) is 12.7. The van der Waals surface area contributed by atoms with E-state index >= 15 is 0 Å². The topological polar surface area (TPSA) is 3.24 Å². The summed E-state index contributed by atoms with van der Waals surface area (Å²) in [6.45, 7) is 0. The van der Waals surface area contributed by atoms with Gasteiger partial charge in [-0.25, -0.2) is 0 Å². The van der Waals surface area contributed by atoms with Crippen molar-refractivity contribution in [3.8, 4) is 44.5 Å². The quantitative estimate of drug-likeness (QED) is 0.156. The summed E-state index contributed by atoms with van der Waals surface area (Å²) in [5.74, 6) is 0. The van der Waals surface area contributed by atoms with Crippen LogP contribution < -0.4 is 4.90 Å². The summed E-state index contributed by atoms with van der Waals surface area (Å²) >= 11 is 0. The van der Waals surface area contributed by atoms with Gasteiger partial charge >= 0.3 is 0 Å². The molecule has 1 nitrogen and oxygen atoms in total. The minimum Gasteiger partial charge on any atom is -0.309 e. The second-order valence-corrected chi connectivity index (χ2v) is 19.1. The molecule has 0 saturated carbocycles. The first kappa shape index (κ1) is 39.0. The van der Waals surface area contributed by atoms with E-state index < -0.39 is 5.41 Å². The van der Waals surface area contributed by atoms with Gasteiger partial charge in [0.25, 0.3) is 0 Å². The number of benzene rings is 13. The smallest absolute Gasteiger partial charge is 0.0726 e. The Hall–Kier alpha value is -9.04. The number of anilines is 3. The van der Waals surface area contributed by atoms with Gasteiger partial charge in [0.05, 0.1) is 16.8 Å². The molecule has 0 aliphatic heterocycles. The summed E-state index contributed by atoms with van der Waals surface area (Å²) in [7, 11) is 0. The normalized spacial score (nSPS) is 13.0. The first-order chi connectivity index (χ1) is 34.7. The van der Waals surface area contributed by atoms with Crippen LogP contribution in [0.1, 0.15) is 22.3 Å². The summed E-state index contributed by atoms with van der Waals surface area (Å²) in [5, 5.41) is 12.5. The van der Waals surface area contributed by atoms with Crippen LogP contribution in [0.3, 0.4) is 0 Å². The molecule has 0 N–H and O–H groups in total. The van der Waals surface area contributed by atoms with Gasteiger partial charge in [0.2, 0.25) is 0 Å². The average Bonchev–Trinajstić information content (AvgIpc) is 3.90. The van der Waals surface area contributed by atoms with Crippen molar-refractivity contribution in [1.82, 2.24) is 0 Å². The van der Waals surface area contributed by atoms with Crippen molar-refractivity contribution in [3.63, 3.8) is 0 Å². The molecule has 2 aliphatic rings. The molecule has 0 aromatic heterocycles. The van der Waals surface area contributed by atoms with Crippen LogP contribution in [0.25, 0.3) is 98.4 Å². The molecule has 0 heterocycles. The standard InChI is InChI=1S/C69H43N/c1-2-18-44(19-3-1)50-22-13-17-33-67(50)70(48-38-39-55-53-25-7-6-23-51(53)52-24-8-9-26-54(52)61(55)41-48)68-43-66-62(42-60(68)47-37-36-46-35-34-45-20-4-5-21-49(45)59(46)40-47)58-29-12-16-32-65(58)69(66)63-30-14-10-27-56(63)57-28-11-15-31-64(57)69/h1-43H. The van der Waals surface area contributed by atoms with Crippen LogP contribution in [0.4, 0.5) is 17.1 Å². The van der Waals surface area contributed by atoms with Crippen LogP contribution in [0, 0.1) is 0 Å². The van der Waals surface area contributed by atoms with Gasteiger partial charge < -0.3 is 4.90 Å². The molecular weight excluding hydrogens is 843 g/mol. The fraction of sp³-hybridized carbons (Fsp3) is 0.0145. The summed E-state index contributed by atoms with van der Waals surface area (Å²) < 4.78 is 0. The van der Waals surface area contributed by atoms with E-state index in [2.05, 4.69) is 266 Å². The molecule has 1 spiro atoms. The Kier molecular flexibility index (Phi) is 8.35. The van der Waals surface area contributed by atoms with Gasteiger partial charge in [-0.05, 0) is 146 Å². The molecule has 0 fully saturated rings. The lowest BCUT2D eigenvalue weighted by atomic mass is 9.70. The monoisotopic (exact) mass is 885 g/mol. The SMILES string of the molecule is c1ccc(-c2ccccc2N(c2ccc3c4ccccc4c4ccccc4c3c2)c2cc3c(cc2-c2ccc4ccc5ccccc5c4c2)-c2ccccc2C32c3ccccc3-c3ccccc32)cc1. The second-order valence-electron chi connectivity index (χ2n) is 19.1. The third-order valence-corrected chi connectivity index (χ3v) is 15.6. The minimum atomic E-state index is -0.533. The Morgan fingerprint density at radius 1 is 0.229 bits per heavy atom. The Morgan fingerprint density at radius 3 is 1.37 bits per heavy atom. The largest absolute Gasteiger partial charge is 0.309 e. The van der Waals surface area contributed by atoms with E-state index in [0.29, 0.717) is 0 Å². The first-order valence-electron chi connectivity index (χ1n) is 24.4. The molecule has 0 saturated heterocycles. The molecule has 2 aliphatic carbocycles. The fourth-order valence-corrected chi connectivity index (χ4v) is 12.7. The van der Waals surface area contributed by atoms with Gasteiger partial charge in [-0.15, -0.1) is 0 Å². The van der Waals surface area contributed by atoms with Crippen LogP contribution >= 0.6 is 0 Å². The van der Waals surface area contributed by atoms with Crippen molar-refractivity contribution >= 4 is 70.9 Å². The lowest BCUT2D eigenvalue weighted by Crippen LogP contribution is -2.26. The minimum absolute atomic E-state index is 0.533.